The highest BCUT2D eigenvalue weighted by atomic mass is 16.6. The normalized spacial score (nSPS) is 8.86. The molecule has 4 heteroatoms. The van der Waals surface area contributed by atoms with E-state index in [-0.39, 0.29) is 6.61 Å². The molecule has 0 heterocycles. The molecule has 72 valence electrons. The van der Waals surface area contributed by atoms with Gasteiger partial charge in [0.25, 0.3) is 0 Å². The van der Waals surface area contributed by atoms with Crippen LogP contribution in [0, 0.1) is 11.3 Å². The Balaban J connectivity index is 2.53. The van der Waals surface area contributed by atoms with E-state index in [2.05, 4.69) is 4.74 Å². The lowest BCUT2D eigenvalue weighted by atomic mass is 10.2. The minimum Gasteiger partial charge on any atom is -0.482 e. The second-order valence-electron chi connectivity index (χ2n) is 2.50. The highest BCUT2D eigenvalue weighted by Gasteiger charge is 2.00. The number of carbonyl (C=O) groups excluding carboxylic acids is 1. The average Bonchev–Trinajstić information content (AvgIpc) is 2.26. The summed E-state index contributed by atoms with van der Waals surface area (Å²) in [5, 5.41) is 8.52. The molecule has 0 bridgehead atoms. The fourth-order valence-electron chi connectivity index (χ4n) is 0.827. The number of hydrogen-bond acceptors (Lipinski definition) is 4. The van der Waals surface area contributed by atoms with E-state index >= 15 is 0 Å². The Kier molecular flexibility index (Phi) is 3.50. The van der Waals surface area contributed by atoms with Crippen molar-refractivity contribution in [3.63, 3.8) is 0 Å². The van der Waals surface area contributed by atoms with E-state index in [0.717, 1.165) is 0 Å². The van der Waals surface area contributed by atoms with Crippen molar-refractivity contribution in [2.45, 2.75) is 0 Å². The van der Waals surface area contributed by atoms with Gasteiger partial charge >= 0.3 is 5.97 Å². The summed E-state index contributed by atoms with van der Waals surface area (Å²) in [6.45, 7) is -0.123. The first-order valence-electron chi connectivity index (χ1n) is 3.96. The van der Waals surface area contributed by atoms with Gasteiger partial charge in [-0.3, -0.25) is 0 Å². The lowest BCUT2D eigenvalue weighted by Gasteiger charge is -2.03. The Bertz CT molecular complexity index is 351. The SMILES string of the molecule is COC(=O)COc1ccc(C#N)cc1. The van der Waals surface area contributed by atoms with Gasteiger partial charge in [-0.05, 0) is 24.3 Å². The third-order valence-corrected chi connectivity index (χ3v) is 1.57. The van der Waals surface area contributed by atoms with Crippen LogP contribution in [0.25, 0.3) is 0 Å². The molecule has 0 spiro atoms. The summed E-state index contributed by atoms with van der Waals surface area (Å²) < 4.78 is 9.47. The van der Waals surface area contributed by atoms with Crippen LogP contribution >= 0.6 is 0 Å². The minimum atomic E-state index is -0.436. The lowest BCUT2D eigenvalue weighted by molar-refractivity contribution is -0.142. The molecule has 0 aromatic heterocycles. The molecule has 0 fully saturated rings. The van der Waals surface area contributed by atoms with Gasteiger partial charge in [-0.25, -0.2) is 4.79 Å². The number of carbonyl (C=O) groups is 1. The van der Waals surface area contributed by atoms with Crippen molar-refractivity contribution in [3.05, 3.63) is 29.8 Å². The van der Waals surface area contributed by atoms with Gasteiger partial charge in [0.15, 0.2) is 6.61 Å². The Morgan fingerprint density at radius 3 is 2.57 bits per heavy atom. The third-order valence-electron chi connectivity index (χ3n) is 1.57. The van der Waals surface area contributed by atoms with E-state index < -0.39 is 5.97 Å². The first-order valence-corrected chi connectivity index (χ1v) is 3.96. The minimum absolute atomic E-state index is 0.123. The Labute approximate surface area is 81.7 Å². The van der Waals surface area contributed by atoms with E-state index in [4.69, 9.17) is 10.00 Å². The average molecular weight is 191 g/mol. The molecule has 0 atom stereocenters. The van der Waals surface area contributed by atoms with Crippen molar-refractivity contribution >= 4 is 5.97 Å². The fraction of sp³-hybridized carbons (Fsp3) is 0.200. The summed E-state index contributed by atoms with van der Waals surface area (Å²) in [5.74, 6) is 0.101. The van der Waals surface area contributed by atoms with E-state index in [1.807, 2.05) is 6.07 Å². The van der Waals surface area contributed by atoms with Crippen LogP contribution in [0.5, 0.6) is 5.75 Å². The van der Waals surface area contributed by atoms with Crippen LogP contribution in [0.3, 0.4) is 0 Å². The molecule has 0 unspecified atom stereocenters. The zero-order valence-electron chi connectivity index (χ0n) is 7.69. The number of hydrogen-bond donors (Lipinski definition) is 0. The molecule has 0 saturated heterocycles. The van der Waals surface area contributed by atoms with Crippen LogP contribution < -0.4 is 4.74 Å². The molecule has 1 aromatic carbocycles. The first kappa shape index (κ1) is 10.1. The second kappa shape index (κ2) is 4.87. The van der Waals surface area contributed by atoms with Gasteiger partial charge in [0.2, 0.25) is 0 Å². The summed E-state index contributed by atoms with van der Waals surface area (Å²) in [5.41, 5.74) is 0.551. The molecule has 1 aromatic rings. The molecular formula is C10H9NO3. The first-order chi connectivity index (χ1) is 6.76. The van der Waals surface area contributed by atoms with Gasteiger partial charge in [0.05, 0.1) is 18.7 Å². The predicted molar refractivity (Wildman–Crippen MR) is 48.7 cm³/mol. The molecule has 0 radical (unpaired) electrons. The number of benzene rings is 1. The van der Waals surface area contributed by atoms with Crippen LogP contribution in [0.15, 0.2) is 24.3 Å². The number of rotatable bonds is 3. The topological polar surface area (TPSA) is 59.3 Å². The summed E-state index contributed by atoms with van der Waals surface area (Å²) in [6.07, 6.45) is 0. The molecule has 0 aliphatic heterocycles. The van der Waals surface area contributed by atoms with Gasteiger partial charge < -0.3 is 9.47 Å². The van der Waals surface area contributed by atoms with Crippen molar-refractivity contribution in [2.24, 2.45) is 0 Å². The largest absolute Gasteiger partial charge is 0.482 e. The van der Waals surface area contributed by atoms with Gasteiger partial charge in [-0.1, -0.05) is 0 Å². The summed E-state index contributed by atoms with van der Waals surface area (Å²) in [7, 11) is 1.30. The Morgan fingerprint density at radius 2 is 2.07 bits per heavy atom. The summed E-state index contributed by atoms with van der Waals surface area (Å²) >= 11 is 0. The van der Waals surface area contributed by atoms with Crippen LogP contribution in [-0.4, -0.2) is 19.7 Å². The number of methoxy groups -OCH3 is 1. The molecule has 0 N–H and O–H groups in total. The van der Waals surface area contributed by atoms with Gasteiger partial charge in [-0.15, -0.1) is 0 Å². The quantitative estimate of drug-likeness (QED) is 0.671. The van der Waals surface area contributed by atoms with E-state index in [1.165, 1.54) is 7.11 Å². The van der Waals surface area contributed by atoms with Gasteiger partial charge in [-0.2, -0.15) is 5.26 Å². The highest BCUT2D eigenvalue weighted by molar-refractivity contribution is 5.70. The fourth-order valence-corrected chi connectivity index (χ4v) is 0.827. The Morgan fingerprint density at radius 1 is 1.43 bits per heavy atom. The molecule has 0 aliphatic rings. The maximum atomic E-state index is 10.7. The van der Waals surface area contributed by atoms with Gasteiger partial charge in [0, 0.05) is 0 Å². The molecule has 4 nitrogen and oxygen atoms in total. The van der Waals surface area contributed by atoms with Crippen LogP contribution in [-0.2, 0) is 9.53 Å². The smallest absolute Gasteiger partial charge is 0.343 e. The summed E-state index contributed by atoms with van der Waals surface area (Å²) in [4.78, 5) is 10.7. The number of nitriles is 1. The van der Waals surface area contributed by atoms with E-state index in [0.29, 0.717) is 11.3 Å². The number of nitrogens with zero attached hydrogens (tertiary/aromatic N) is 1. The summed E-state index contributed by atoms with van der Waals surface area (Å²) in [6, 6.07) is 8.47. The highest BCUT2D eigenvalue weighted by Crippen LogP contribution is 2.11. The Hall–Kier alpha value is -2.02. The number of esters is 1. The maximum Gasteiger partial charge on any atom is 0.343 e. The molecular weight excluding hydrogens is 182 g/mol. The van der Waals surface area contributed by atoms with Crippen molar-refractivity contribution in [2.75, 3.05) is 13.7 Å². The van der Waals surface area contributed by atoms with Gasteiger partial charge in [0.1, 0.15) is 5.75 Å². The van der Waals surface area contributed by atoms with E-state index in [1.54, 1.807) is 24.3 Å². The van der Waals surface area contributed by atoms with Crippen molar-refractivity contribution < 1.29 is 14.3 Å². The monoisotopic (exact) mass is 191 g/mol. The van der Waals surface area contributed by atoms with E-state index in [9.17, 15) is 4.79 Å². The van der Waals surface area contributed by atoms with Crippen LogP contribution in [0.2, 0.25) is 0 Å². The second-order valence-corrected chi connectivity index (χ2v) is 2.50. The molecule has 1 rings (SSSR count). The zero-order chi connectivity index (χ0) is 10.4. The van der Waals surface area contributed by atoms with Crippen LogP contribution in [0.1, 0.15) is 5.56 Å². The molecule has 0 aliphatic carbocycles. The van der Waals surface area contributed by atoms with Crippen molar-refractivity contribution in [1.29, 1.82) is 5.26 Å². The van der Waals surface area contributed by atoms with Crippen molar-refractivity contribution in [3.8, 4) is 11.8 Å². The molecule has 0 saturated carbocycles. The lowest BCUT2D eigenvalue weighted by Crippen LogP contribution is -2.12. The molecule has 14 heavy (non-hydrogen) atoms. The predicted octanol–water partition coefficient (Wildman–Crippen LogP) is 1.11. The maximum absolute atomic E-state index is 10.7. The third kappa shape index (κ3) is 2.79. The van der Waals surface area contributed by atoms with Crippen LogP contribution in [0.4, 0.5) is 0 Å². The number of ether oxygens (including phenoxy) is 2. The zero-order valence-corrected chi connectivity index (χ0v) is 7.69. The van der Waals surface area contributed by atoms with Crippen molar-refractivity contribution in [1.82, 2.24) is 0 Å². The molecule has 0 amide bonds. The standard InChI is InChI=1S/C10H9NO3/c1-13-10(12)7-14-9-4-2-8(6-11)3-5-9/h2-5H,7H2,1H3.